The molecule has 5 heteroatoms. The summed E-state index contributed by atoms with van der Waals surface area (Å²) in [5, 5.41) is 13.1. The first-order chi connectivity index (χ1) is 9.25. The molecule has 0 atom stereocenters. The van der Waals surface area contributed by atoms with E-state index < -0.39 is 0 Å². The van der Waals surface area contributed by atoms with Gasteiger partial charge in [-0.25, -0.2) is 0 Å². The van der Waals surface area contributed by atoms with E-state index in [0.29, 0.717) is 5.02 Å². The van der Waals surface area contributed by atoms with Crippen LogP contribution in [0.5, 0.6) is 5.75 Å². The number of phenolic OH excluding ortho intramolecular Hbond substituents is 1. The van der Waals surface area contributed by atoms with Crippen LogP contribution in [0.25, 0.3) is 0 Å². The van der Waals surface area contributed by atoms with Gasteiger partial charge >= 0.3 is 0 Å². The second-order valence-corrected chi connectivity index (χ2v) is 5.18. The van der Waals surface area contributed by atoms with Gasteiger partial charge < -0.3 is 15.2 Å². The van der Waals surface area contributed by atoms with Crippen LogP contribution in [-0.2, 0) is 11.3 Å². The van der Waals surface area contributed by atoms with E-state index in [-0.39, 0.29) is 5.75 Å². The van der Waals surface area contributed by atoms with E-state index in [2.05, 4.69) is 10.2 Å². The van der Waals surface area contributed by atoms with E-state index in [1.54, 1.807) is 12.1 Å². The topological polar surface area (TPSA) is 44.7 Å². The third-order valence-electron chi connectivity index (χ3n) is 3.27. The number of benzene rings is 1. The Balaban J connectivity index is 1.59. The Kier molecular flexibility index (Phi) is 5.92. The Hall–Kier alpha value is -0.810. The summed E-state index contributed by atoms with van der Waals surface area (Å²) in [5.41, 5.74) is 1.09. The van der Waals surface area contributed by atoms with Crippen molar-refractivity contribution in [2.75, 3.05) is 39.4 Å². The number of rotatable bonds is 6. The lowest BCUT2D eigenvalue weighted by Crippen LogP contribution is -2.37. The molecule has 1 aliphatic heterocycles. The minimum Gasteiger partial charge on any atom is -0.506 e. The first-order valence-corrected chi connectivity index (χ1v) is 7.12. The van der Waals surface area contributed by atoms with E-state index in [0.717, 1.165) is 57.9 Å². The number of nitrogens with zero attached hydrogens (tertiary/aromatic N) is 1. The number of hydrogen-bond donors (Lipinski definition) is 2. The lowest BCUT2D eigenvalue weighted by molar-refractivity contribution is 0.0374. The molecule has 1 saturated heterocycles. The van der Waals surface area contributed by atoms with Gasteiger partial charge in [0.05, 0.1) is 18.2 Å². The molecule has 0 unspecified atom stereocenters. The average Bonchev–Trinajstić information content (AvgIpc) is 2.43. The lowest BCUT2D eigenvalue weighted by Gasteiger charge is -2.26. The van der Waals surface area contributed by atoms with E-state index in [9.17, 15) is 5.11 Å². The highest BCUT2D eigenvalue weighted by Gasteiger charge is 2.08. The quantitative estimate of drug-likeness (QED) is 0.783. The van der Waals surface area contributed by atoms with Crippen molar-refractivity contribution in [3.05, 3.63) is 28.8 Å². The van der Waals surface area contributed by atoms with Crippen LogP contribution in [0.1, 0.15) is 12.0 Å². The van der Waals surface area contributed by atoms with Crippen molar-refractivity contribution in [1.82, 2.24) is 10.2 Å². The van der Waals surface area contributed by atoms with Gasteiger partial charge in [0, 0.05) is 19.6 Å². The normalized spacial score (nSPS) is 16.7. The molecule has 0 bridgehead atoms. The van der Waals surface area contributed by atoms with Crippen molar-refractivity contribution in [2.45, 2.75) is 13.0 Å². The van der Waals surface area contributed by atoms with Gasteiger partial charge in [-0.05, 0) is 37.2 Å². The number of hydrogen-bond acceptors (Lipinski definition) is 4. The summed E-state index contributed by atoms with van der Waals surface area (Å²) in [6.07, 6.45) is 1.13. The van der Waals surface area contributed by atoms with Crippen molar-refractivity contribution < 1.29 is 9.84 Å². The highest BCUT2D eigenvalue weighted by atomic mass is 35.5. The molecule has 2 N–H and O–H groups in total. The van der Waals surface area contributed by atoms with Gasteiger partial charge in [0.15, 0.2) is 0 Å². The van der Waals surface area contributed by atoms with Crippen LogP contribution in [-0.4, -0.2) is 49.4 Å². The lowest BCUT2D eigenvalue weighted by atomic mass is 10.2. The van der Waals surface area contributed by atoms with Crippen LogP contribution < -0.4 is 5.32 Å². The molecule has 2 rings (SSSR count). The van der Waals surface area contributed by atoms with Crippen molar-refractivity contribution in [3.63, 3.8) is 0 Å². The summed E-state index contributed by atoms with van der Waals surface area (Å²) in [7, 11) is 0. The van der Waals surface area contributed by atoms with E-state index in [1.807, 2.05) is 6.07 Å². The van der Waals surface area contributed by atoms with Crippen LogP contribution in [0, 0.1) is 0 Å². The second-order valence-electron chi connectivity index (χ2n) is 4.77. The predicted octanol–water partition coefficient (Wildman–Crippen LogP) is 1.86. The maximum absolute atomic E-state index is 9.33. The molecule has 1 aliphatic rings. The SMILES string of the molecule is Oc1ccc(CNCCCN2CCOCC2)cc1Cl. The Bertz CT molecular complexity index is 395. The maximum Gasteiger partial charge on any atom is 0.134 e. The standard InChI is InChI=1S/C14H21ClN2O2/c15-13-10-12(2-3-14(13)18)11-16-4-1-5-17-6-8-19-9-7-17/h2-3,10,16,18H,1,4-9,11H2. The fraction of sp³-hybridized carbons (Fsp3) is 0.571. The number of ether oxygens (including phenoxy) is 1. The van der Waals surface area contributed by atoms with Crippen LogP contribution >= 0.6 is 11.6 Å². The van der Waals surface area contributed by atoms with E-state index in [1.165, 1.54) is 0 Å². The summed E-state index contributed by atoms with van der Waals surface area (Å²) in [6.45, 7) is 6.70. The molecule has 1 fully saturated rings. The van der Waals surface area contributed by atoms with Gasteiger partial charge in [-0.15, -0.1) is 0 Å². The monoisotopic (exact) mass is 284 g/mol. The maximum atomic E-state index is 9.33. The molecule has 0 aromatic heterocycles. The molecule has 1 heterocycles. The first-order valence-electron chi connectivity index (χ1n) is 6.74. The van der Waals surface area contributed by atoms with E-state index >= 15 is 0 Å². The van der Waals surface area contributed by atoms with Gasteiger partial charge in [-0.3, -0.25) is 4.90 Å². The minimum atomic E-state index is 0.137. The number of nitrogens with one attached hydrogen (secondary N) is 1. The third-order valence-corrected chi connectivity index (χ3v) is 3.58. The highest BCUT2D eigenvalue weighted by molar-refractivity contribution is 6.32. The van der Waals surface area contributed by atoms with Crippen molar-refractivity contribution in [2.24, 2.45) is 0 Å². The van der Waals surface area contributed by atoms with Crippen molar-refractivity contribution in [3.8, 4) is 5.75 Å². The summed E-state index contributed by atoms with van der Waals surface area (Å²) in [4.78, 5) is 2.43. The first kappa shape index (κ1) is 14.6. The molecule has 0 saturated carbocycles. The summed E-state index contributed by atoms with van der Waals surface area (Å²) in [5.74, 6) is 0.137. The number of phenols is 1. The number of halogens is 1. The smallest absolute Gasteiger partial charge is 0.134 e. The molecule has 106 valence electrons. The van der Waals surface area contributed by atoms with Gasteiger partial charge in [0.1, 0.15) is 5.75 Å². The van der Waals surface area contributed by atoms with Gasteiger partial charge in [0.25, 0.3) is 0 Å². The molecule has 19 heavy (non-hydrogen) atoms. The van der Waals surface area contributed by atoms with Crippen LogP contribution in [0.2, 0.25) is 5.02 Å². The molecule has 0 aliphatic carbocycles. The minimum absolute atomic E-state index is 0.137. The Morgan fingerprint density at radius 1 is 1.32 bits per heavy atom. The summed E-state index contributed by atoms with van der Waals surface area (Å²) < 4.78 is 5.32. The zero-order valence-electron chi connectivity index (χ0n) is 11.1. The Morgan fingerprint density at radius 2 is 2.11 bits per heavy atom. The molecular weight excluding hydrogens is 264 g/mol. The second kappa shape index (κ2) is 7.70. The molecule has 0 radical (unpaired) electrons. The average molecular weight is 285 g/mol. The number of morpholine rings is 1. The predicted molar refractivity (Wildman–Crippen MR) is 76.7 cm³/mol. The molecule has 0 amide bonds. The van der Waals surface area contributed by atoms with Crippen LogP contribution in [0.15, 0.2) is 18.2 Å². The van der Waals surface area contributed by atoms with Gasteiger partial charge in [-0.1, -0.05) is 17.7 Å². The molecule has 1 aromatic carbocycles. The number of aromatic hydroxyl groups is 1. The fourth-order valence-corrected chi connectivity index (χ4v) is 2.35. The van der Waals surface area contributed by atoms with Crippen molar-refractivity contribution in [1.29, 1.82) is 0 Å². The molecular formula is C14H21ClN2O2. The fourth-order valence-electron chi connectivity index (χ4n) is 2.15. The molecule has 0 spiro atoms. The summed E-state index contributed by atoms with van der Waals surface area (Å²) in [6, 6.07) is 5.31. The largest absolute Gasteiger partial charge is 0.506 e. The highest BCUT2D eigenvalue weighted by Crippen LogP contribution is 2.23. The van der Waals surface area contributed by atoms with Crippen LogP contribution in [0.4, 0.5) is 0 Å². The Labute approximate surface area is 119 Å². The van der Waals surface area contributed by atoms with Crippen molar-refractivity contribution >= 4 is 11.6 Å². The van der Waals surface area contributed by atoms with Gasteiger partial charge in [-0.2, -0.15) is 0 Å². The zero-order chi connectivity index (χ0) is 13.5. The zero-order valence-corrected chi connectivity index (χ0v) is 11.8. The molecule has 4 nitrogen and oxygen atoms in total. The van der Waals surface area contributed by atoms with Gasteiger partial charge in [0.2, 0.25) is 0 Å². The Morgan fingerprint density at radius 3 is 2.84 bits per heavy atom. The third kappa shape index (κ3) is 4.99. The van der Waals surface area contributed by atoms with E-state index in [4.69, 9.17) is 16.3 Å². The summed E-state index contributed by atoms with van der Waals surface area (Å²) >= 11 is 5.86. The van der Waals surface area contributed by atoms with Crippen LogP contribution in [0.3, 0.4) is 0 Å². The molecule has 1 aromatic rings.